The summed E-state index contributed by atoms with van der Waals surface area (Å²) in [4.78, 5) is 32.4. The lowest BCUT2D eigenvalue weighted by molar-refractivity contribution is -0.116. The van der Waals surface area contributed by atoms with Crippen LogP contribution in [-0.2, 0) is 16.1 Å². The summed E-state index contributed by atoms with van der Waals surface area (Å²) in [6, 6.07) is 16.6. The number of allylic oxidation sites excluding steroid dienone is 2. The van der Waals surface area contributed by atoms with Gasteiger partial charge in [0.05, 0.1) is 17.9 Å². The zero-order chi connectivity index (χ0) is 22.5. The number of anilines is 1. The van der Waals surface area contributed by atoms with Crippen LogP contribution in [0.2, 0.25) is 0 Å². The highest BCUT2D eigenvalue weighted by atomic mass is 16.5. The standard InChI is InChI=1S/C26H27N3O3/c1-18(2)21-14-22(28-26(31)32-17-19-8-4-3-5-9-19)25(30)24(15-21)29-13-12-27-16-20-10-6-7-11-23(20)29/h3-11,14-16,18,22H,12-13,17H2,1-2H3,(H,28,31). The average Bonchev–Trinajstić information content (AvgIpc) is 3.02. The summed E-state index contributed by atoms with van der Waals surface area (Å²) in [5, 5.41) is 2.75. The number of benzene rings is 2. The summed E-state index contributed by atoms with van der Waals surface area (Å²) < 4.78 is 5.35. The molecule has 2 aliphatic rings. The van der Waals surface area contributed by atoms with Gasteiger partial charge in [-0.05, 0) is 29.2 Å². The summed E-state index contributed by atoms with van der Waals surface area (Å²) in [6.07, 6.45) is 4.98. The number of carbonyl (C=O) groups is 2. The number of ketones is 1. The highest BCUT2D eigenvalue weighted by molar-refractivity contribution is 6.07. The maximum atomic E-state index is 13.5. The molecule has 164 valence electrons. The van der Waals surface area contributed by atoms with Crippen molar-refractivity contribution in [3.8, 4) is 0 Å². The van der Waals surface area contributed by atoms with Crippen molar-refractivity contribution < 1.29 is 14.3 Å². The predicted octanol–water partition coefficient (Wildman–Crippen LogP) is 4.27. The number of nitrogens with one attached hydrogen (secondary N) is 1. The van der Waals surface area contributed by atoms with Crippen molar-refractivity contribution >= 4 is 23.8 Å². The number of Topliss-reactive ketones (excluding diaryl/α,β-unsaturated/α-hetero) is 1. The molecule has 0 radical (unpaired) electrons. The summed E-state index contributed by atoms with van der Waals surface area (Å²) in [5.41, 5.74) is 4.34. The number of aliphatic imine (C=N–C) groups is 1. The molecular formula is C26H27N3O3. The highest BCUT2D eigenvalue weighted by Gasteiger charge is 2.32. The van der Waals surface area contributed by atoms with Gasteiger partial charge in [0.2, 0.25) is 5.78 Å². The van der Waals surface area contributed by atoms with Crippen LogP contribution in [0, 0.1) is 5.92 Å². The number of amides is 1. The average molecular weight is 430 g/mol. The number of fused-ring (bicyclic) bond motifs is 1. The Morgan fingerprint density at radius 2 is 1.91 bits per heavy atom. The number of rotatable bonds is 5. The van der Waals surface area contributed by atoms with Gasteiger partial charge in [-0.2, -0.15) is 0 Å². The van der Waals surface area contributed by atoms with Crippen molar-refractivity contribution in [2.24, 2.45) is 10.9 Å². The number of carbonyl (C=O) groups excluding carboxylic acids is 2. The molecule has 6 nitrogen and oxygen atoms in total. The van der Waals surface area contributed by atoms with Gasteiger partial charge in [0.15, 0.2) is 0 Å². The number of nitrogens with zero attached hydrogens (tertiary/aromatic N) is 2. The van der Waals surface area contributed by atoms with E-state index in [1.54, 1.807) is 0 Å². The molecule has 1 amide bonds. The molecule has 0 bridgehead atoms. The highest BCUT2D eigenvalue weighted by Crippen LogP contribution is 2.30. The van der Waals surface area contributed by atoms with Gasteiger partial charge in [0, 0.05) is 18.3 Å². The van der Waals surface area contributed by atoms with Crippen molar-refractivity contribution in [1.82, 2.24) is 5.32 Å². The van der Waals surface area contributed by atoms with Gasteiger partial charge in [0.25, 0.3) is 0 Å². The molecule has 4 rings (SSSR count). The smallest absolute Gasteiger partial charge is 0.408 e. The molecular weight excluding hydrogens is 402 g/mol. The Morgan fingerprint density at radius 3 is 2.69 bits per heavy atom. The predicted molar refractivity (Wildman–Crippen MR) is 126 cm³/mol. The fraction of sp³-hybridized carbons (Fsp3) is 0.269. The monoisotopic (exact) mass is 429 g/mol. The van der Waals surface area contributed by atoms with Crippen molar-refractivity contribution in [1.29, 1.82) is 0 Å². The minimum Gasteiger partial charge on any atom is -0.445 e. The SMILES string of the molecule is CC(C)C1=CC(NC(=O)OCc2ccccc2)C(=O)C(N2CCN=Cc3ccccc32)=C1. The van der Waals surface area contributed by atoms with E-state index >= 15 is 0 Å². The zero-order valence-corrected chi connectivity index (χ0v) is 18.3. The minimum atomic E-state index is -0.785. The molecule has 1 aliphatic carbocycles. The largest absolute Gasteiger partial charge is 0.445 e. The number of alkyl carbamates (subject to hydrolysis) is 1. The molecule has 0 saturated carbocycles. The lowest BCUT2D eigenvalue weighted by atomic mass is 9.91. The van der Waals surface area contributed by atoms with Crippen molar-refractivity contribution in [3.05, 3.63) is 89.1 Å². The Kier molecular flexibility index (Phi) is 6.50. The van der Waals surface area contributed by atoms with Gasteiger partial charge in [-0.25, -0.2) is 4.79 Å². The molecule has 0 spiro atoms. The number of benzodiazepines with no additional fused rings is 1. The Hall–Kier alpha value is -3.67. The van der Waals surface area contributed by atoms with Gasteiger partial charge in [0.1, 0.15) is 12.6 Å². The molecule has 0 fully saturated rings. The van der Waals surface area contributed by atoms with Gasteiger partial charge in [-0.1, -0.05) is 68.5 Å². The Morgan fingerprint density at radius 1 is 1.16 bits per heavy atom. The normalized spacial score (nSPS) is 17.9. The summed E-state index contributed by atoms with van der Waals surface area (Å²) in [7, 11) is 0. The van der Waals surface area contributed by atoms with Crippen molar-refractivity contribution in [3.63, 3.8) is 0 Å². The van der Waals surface area contributed by atoms with E-state index in [4.69, 9.17) is 4.74 Å². The van der Waals surface area contributed by atoms with E-state index in [0.717, 1.165) is 22.4 Å². The van der Waals surface area contributed by atoms with E-state index in [2.05, 4.69) is 24.2 Å². The van der Waals surface area contributed by atoms with Crippen LogP contribution in [-0.4, -0.2) is 37.2 Å². The molecule has 0 saturated heterocycles. The van der Waals surface area contributed by atoms with Crippen molar-refractivity contribution in [2.75, 3.05) is 18.0 Å². The van der Waals surface area contributed by atoms with E-state index in [0.29, 0.717) is 18.8 Å². The van der Waals surface area contributed by atoms with Crippen LogP contribution in [0.1, 0.15) is 25.0 Å². The van der Waals surface area contributed by atoms with Gasteiger partial charge < -0.3 is 15.0 Å². The first kappa shape index (κ1) is 21.6. The quantitative estimate of drug-likeness (QED) is 0.771. The lowest BCUT2D eigenvalue weighted by Crippen LogP contribution is -2.45. The third kappa shape index (κ3) is 4.80. The van der Waals surface area contributed by atoms with Crippen LogP contribution < -0.4 is 10.2 Å². The van der Waals surface area contributed by atoms with E-state index in [1.807, 2.05) is 77.9 Å². The van der Waals surface area contributed by atoms with E-state index < -0.39 is 12.1 Å². The van der Waals surface area contributed by atoms with Crippen LogP contribution >= 0.6 is 0 Å². The number of ether oxygens (including phenoxy) is 1. The van der Waals surface area contributed by atoms with Crippen LogP contribution in [0.15, 0.2) is 83.0 Å². The first-order valence-corrected chi connectivity index (χ1v) is 10.8. The lowest BCUT2D eigenvalue weighted by Gasteiger charge is -2.31. The Bertz CT molecular complexity index is 1090. The van der Waals surface area contributed by atoms with Crippen LogP contribution in [0.3, 0.4) is 0 Å². The topological polar surface area (TPSA) is 71.0 Å². The maximum absolute atomic E-state index is 13.5. The van der Waals surface area contributed by atoms with E-state index in [9.17, 15) is 9.59 Å². The van der Waals surface area contributed by atoms with E-state index in [-0.39, 0.29) is 18.3 Å². The van der Waals surface area contributed by atoms with Gasteiger partial charge >= 0.3 is 6.09 Å². The van der Waals surface area contributed by atoms with Gasteiger partial charge in [-0.3, -0.25) is 9.79 Å². The minimum absolute atomic E-state index is 0.147. The molecule has 6 heteroatoms. The van der Waals surface area contributed by atoms with Crippen LogP contribution in [0.25, 0.3) is 0 Å². The van der Waals surface area contributed by atoms with Crippen LogP contribution in [0.5, 0.6) is 0 Å². The van der Waals surface area contributed by atoms with Crippen LogP contribution in [0.4, 0.5) is 10.5 Å². The molecule has 0 aromatic heterocycles. The second-order valence-electron chi connectivity index (χ2n) is 8.14. The fourth-order valence-corrected chi connectivity index (χ4v) is 3.81. The molecule has 1 N–H and O–H groups in total. The first-order chi connectivity index (χ1) is 15.5. The fourth-order valence-electron chi connectivity index (χ4n) is 3.81. The summed E-state index contributed by atoms with van der Waals surface area (Å²) in [5.74, 6) is 0.0315. The number of para-hydroxylation sites is 1. The first-order valence-electron chi connectivity index (χ1n) is 10.8. The summed E-state index contributed by atoms with van der Waals surface area (Å²) in [6.45, 7) is 5.45. The number of hydrogen-bond donors (Lipinski definition) is 1. The Balaban J connectivity index is 1.55. The van der Waals surface area contributed by atoms with Crippen molar-refractivity contribution in [2.45, 2.75) is 26.5 Å². The second kappa shape index (κ2) is 9.64. The maximum Gasteiger partial charge on any atom is 0.408 e. The van der Waals surface area contributed by atoms with E-state index in [1.165, 1.54) is 0 Å². The van der Waals surface area contributed by atoms with Gasteiger partial charge in [-0.15, -0.1) is 0 Å². The third-order valence-electron chi connectivity index (χ3n) is 5.55. The molecule has 1 heterocycles. The third-order valence-corrected chi connectivity index (χ3v) is 5.55. The molecule has 2 aromatic rings. The molecule has 1 aliphatic heterocycles. The molecule has 1 atom stereocenters. The summed E-state index contributed by atoms with van der Waals surface area (Å²) >= 11 is 0. The Labute approximate surface area is 188 Å². The molecule has 2 aromatic carbocycles. The second-order valence-corrected chi connectivity index (χ2v) is 8.14. The number of hydrogen-bond acceptors (Lipinski definition) is 5. The molecule has 32 heavy (non-hydrogen) atoms. The molecule has 1 unspecified atom stereocenters. The zero-order valence-electron chi connectivity index (χ0n) is 18.3.